The van der Waals surface area contributed by atoms with Gasteiger partial charge in [0, 0.05) is 0 Å². The quantitative estimate of drug-likeness (QED) is 0.701. The van der Waals surface area contributed by atoms with E-state index in [2.05, 4.69) is 0 Å². The molecule has 0 radical (unpaired) electrons. The van der Waals surface area contributed by atoms with Crippen molar-refractivity contribution < 1.29 is 10.5 Å². The van der Waals surface area contributed by atoms with Gasteiger partial charge in [-0.2, -0.15) is 0 Å². The summed E-state index contributed by atoms with van der Waals surface area (Å²) in [5.41, 5.74) is 0. The molecule has 0 saturated heterocycles. The van der Waals surface area contributed by atoms with Gasteiger partial charge in [-0.05, 0) is 0 Å². The van der Waals surface area contributed by atoms with Crippen LogP contribution >= 0.6 is 37.7 Å². The molecular weight excluding hydrogens is 340 g/mol. The van der Waals surface area contributed by atoms with Crippen molar-refractivity contribution in [1.82, 2.24) is 0 Å². The van der Waals surface area contributed by atoms with Gasteiger partial charge >= 0.3 is 52.0 Å². The fourth-order valence-electron chi connectivity index (χ4n) is 0. The Morgan fingerprint density at radius 1 is 1.00 bits per heavy atom. The van der Waals surface area contributed by atoms with Crippen molar-refractivity contribution in [3.05, 3.63) is 0 Å². The molecule has 0 heterocycles. The second-order valence-electron chi connectivity index (χ2n) is 0.659. The topological polar surface area (TPSA) is 23.9 Å². The molecule has 0 fully saturated rings. The van der Waals surface area contributed by atoms with Crippen LogP contribution in [-0.4, -0.2) is 0 Å². The Kier molecular flexibility index (Phi) is 1.99. The summed E-state index contributed by atoms with van der Waals surface area (Å²) < 4.78 is 6.56. The summed E-state index contributed by atoms with van der Waals surface area (Å²) in [6.07, 6.45) is 0. The number of hydrogen-bond acceptors (Lipinski definition) is 1. The first-order valence-corrected chi connectivity index (χ1v) is 16.8. The van der Waals surface area contributed by atoms with E-state index in [0.29, 0.717) is 0 Å². The van der Waals surface area contributed by atoms with Gasteiger partial charge in [0.2, 0.25) is 0 Å². The van der Waals surface area contributed by atoms with E-state index in [0.717, 1.165) is 0 Å². The zero-order valence-corrected chi connectivity index (χ0v) is 8.38. The molecule has 0 aromatic carbocycles. The Hall–Kier alpha value is 1.65. The molecule has 0 rings (SSSR count). The fraction of sp³-hybridized carbons (Fsp3) is 0. The molecule has 0 unspecified atom stereocenters. The van der Waals surface area contributed by atoms with Gasteiger partial charge in [0.1, 0.15) is 0 Å². The van der Waals surface area contributed by atoms with Gasteiger partial charge in [-0.15, -0.1) is 0 Å². The molecule has 0 aliphatic carbocycles. The van der Waals surface area contributed by atoms with Crippen LogP contribution < -0.4 is 0 Å². The second kappa shape index (κ2) is 1.56. The molecule has 6 heteroatoms. The van der Waals surface area contributed by atoms with Gasteiger partial charge in [-0.25, -0.2) is 0 Å². The van der Waals surface area contributed by atoms with E-state index in [9.17, 15) is 0 Å². The Bertz CT molecular complexity index is 85.2. The summed E-state index contributed by atoms with van der Waals surface area (Å²) >= 11 is 0. The van der Waals surface area contributed by atoms with Crippen LogP contribution in [0.3, 0.4) is 0 Å². The molecule has 1 N–H and O–H groups in total. The van der Waals surface area contributed by atoms with Gasteiger partial charge in [-0.1, -0.05) is 0 Å². The van der Waals surface area contributed by atoms with E-state index in [1.54, 1.807) is 0 Å². The number of halogens is 4. The van der Waals surface area contributed by atoms with Crippen molar-refractivity contribution in [2.75, 3.05) is 0 Å². The summed E-state index contributed by atoms with van der Waals surface area (Å²) in [6, 6.07) is 0. The summed E-state index contributed by atoms with van der Waals surface area (Å²) in [4.78, 5) is 0. The van der Waals surface area contributed by atoms with E-state index >= 15 is 0 Å². The standard InChI is InChI=1S/4ClH.HN.W/h5*1H;/q;;;;;+4/p-4. The molecule has 0 aliphatic rings. The zero-order valence-electron chi connectivity index (χ0n) is 2.42. The molecule has 0 bridgehead atoms. The molecule has 0 aromatic rings. The number of rotatable bonds is 0. The molecule has 1 nitrogen and oxygen atoms in total. The van der Waals surface area contributed by atoms with Crippen LogP contribution in [0.5, 0.6) is 0 Å². The Morgan fingerprint density at radius 2 is 1.00 bits per heavy atom. The summed E-state index contributed by atoms with van der Waals surface area (Å²) in [6.45, 7) is 0. The molecule has 0 spiro atoms. The third-order valence-corrected chi connectivity index (χ3v) is 0. The molecule has 40 valence electrons. The molecule has 0 amide bonds. The van der Waals surface area contributed by atoms with E-state index in [1.807, 2.05) is 0 Å². The average molecular weight is 341 g/mol. The van der Waals surface area contributed by atoms with Crippen LogP contribution in [0, 0.1) is 3.91 Å². The monoisotopic (exact) mass is 339 g/mol. The minimum atomic E-state index is -4.61. The van der Waals surface area contributed by atoms with Gasteiger partial charge in [-0.3, -0.25) is 0 Å². The van der Waals surface area contributed by atoms with Crippen molar-refractivity contribution in [2.24, 2.45) is 0 Å². The Labute approximate surface area is 51.7 Å². The van der Waals surface area contributed by atoms with Crippen molar-refractivity contribution in [2.45, 2.75) is 0 Å². The van der Waals surface area contributed by atoms with Gasteiger partial charge in [0.05, 0.1) is 0 Å². The Balaban J connectivity index is 4.16. The normalized spacial score (nSPS) is 19.0. The Morgan fingerprint density at radius 3 is 1.00 bits per heavy atom. The molecule has 0 aromatic heterocycles. The van der Waals surface area contributed by atoms with Gasteiger partial charge < -0.3 is 0 Å². The molecule has 0 aliphatic heterocycles. The van der Waals surface area contributed by atoms with Crippen LogP contribution in [0.25, 0.3) is 0 Å². The first-order valence-electron chi connectivity index (χ1n) is 0.821. The van der Waals surface area contributed by atoms with Crippen LogP contribution in [-0.2, 0) is 10.5 Å². The SMILES string of the molecule is [NH]=[W]([Cl])([Cl])([Cl])[Cl]. The predicted molar refractivity (Wildman–Crippen MR) is 26.1 cm³/mol. The molecule has 0 atom stereocenters. The summed E-state index contributed by atoms with van der Waals surface area (Å²) in [5.74, 6) is 0. The second-order valence-corrected chi connectivity index (χ2v) is 33.4. The van der Waals surface area contributed by atoms with Crippen LogP contribution in [0.1, 0.15) is 0 Å². The van der Waals surface area contributed by atoms with Crippen molar-refractivity contribution in [3.63, 3.8) is 0 Å². The first-order chi connectivity index (χ1) is 2.24. The van der Waals surface area contributed by atoms with Gasteiger partial charge in [0.15, 0.2) is 0 Å². The maximum absolute atomic E-state index is 6.56. The van der Waals surface area contributed by atoms with Crippen molar-refractivity contribution in [3.8, 4) is 0 Å². The average Bonchev–Trinajstić information content (AvgIpc) is 0.650. The van der Waals surface area contributed by atoms with Crippen LogP contribution in [0.2, 0.25) is 0 Å². The molecule has 0 saturated carbocycles. The zero-order chi connectivity index (χ0) is 5.45. The van der Waals surface area contributed by atoms with E-state index < -0.39 is 10.5 Å². The van der Waals surface area contributed by atoms with E-state index in [1.165, 1.54) is 0 Å². The minimum absolute atomic E-state index is 4.61. The number of nitrogens with one attached hydrogen (secondary N) is 1. The van der Waals surface area contributed by atoms with Crippen LogP contribution in [0.15, 0.2) is 0 Å². The third kappa shape index (κ3) is 44.9. The van der Waals surface area contributed by atoms with Crippen molar-refractivity contribution in [1.29, 1.82) is 3.91 Å². The van der Waals surface area contributed by atoms with E-state index in [-0.39, 0.29) is 0 Å². The predicted octanol–water partition coefficient (Wildman–Crippen LogP) is 3.05. The fourth-order valence-corrected chi connectivity index (χ4v) is 0. The van der Waals surface area contributed by atoms with E-state index in [4.69, 9.17) is 41.6 Å². The maximum atomic E-state index is 6.56. The van der Waals surface area contributed by atoms with Gasteiger partial charge in [0.25, 0.3) is 0 Å². The summed E-state index contributed by atoms with van der Waals surface area (Å²) in [5, 5.41) is 0. The third-order valence-electron chi connectivity index (χ3n) is 0. The molecule has 6 heavy (non-hydrogen) atoms. The van der Waals surface area contributed by atoms with Crippen LogP contribution in [0.4, 0.5) is 0 Å². The molecular formula is HCl4NW. The number of hydrogen-bond donors (Lipinski definition) is 1. The summed E-state index contributed by atoms with van der Waals surface area (Å²) in [7, 11) is 15.2. The first kappa shape index (κ1) is 7.65. The van der Waals surface area contributed by atoms with Crippen molar-refractivity contribution >= 4 is 37.7 Å².